The highest BCUT2D eigenvalue weighted by atomic mass is 16.6. The van der Waals surface area contributed by atoms with E-state index >= 15 is 0 Å². The molecule has 0 N–H and O–H groups in total. The highest BCUT2D eigenvalue weighted by Gasteiger charge is 2.21. The third kappa shape index (κ3) is 7.52. The lowest BCUT2D eigenvalue weighted by Crippen LogP contribution is -2.21. The highest BCUT2D eigenvalue weighted by molar-refractivity contribution is 5.80. The maximum absolute atomic E-state index is 11.4. The molecule has 0 fully saturated rings. The smallest absolute Gasteiger partial charge is 0.309 e. The minimum Gasteiger partial charge on any atom is -0.469 e. The zero-order chi connectivity index (χ0) is 13.1. The highest BCUT2D eigenvalue weighted by Crippen LogP contribution is 2.12. The molecule has 0 aliphatic rings. The number of allylic oxidation sites excluding steroid dienone is 1. The summed E-state index contributed by atoms with van der Waals surface area (Å²) < 4.78 is 14.5. The maximum atomic E-state index is 11.4. The summed E-state index contributed by atoms with van der Waals surface area (Å²) in [5.41, 5.74) is 0. The Labute approximate surface area is 102 Å². The third-order valence-corrected chi connectivity index (χ3v) is 2.09. The lowest BCUT2D eigenvalue weighted by atomic mass is 10.0. The predicted molar refractivity (Wildman–Crippen MR) is 62.4 cm³/mol. The van der Waals surface area contributed by atoms with Crippen molar-refractivity contribution in [1.82, 2.24) is 0 Å². The topological polar surface area (TPSA) is 61.8 Å². The molecule has 0 aliphatic carbocycles. The molecule has 5 heteroatoms. The van der Waals surface area contributed by atoms with E-state index in [9.17, 15) is 9.59 Å². The van der Waals surface area contributed by atoms with Crippen LogP contribution in [0.25, 0.3) is 0 Å². The molecule has 5 nitrogen and oxygen atoms in total. The van der Waals surface area contributed by atoms with Crippen LogP contribution in [0.4, 0.5) is 0 Å². The van der Waals surface area contributed by atoms with E-state index in [4.69, 9.17) is 9.47 Å². The summed E-state index contributed by atoms with van der Waals surface area (Å²) >= 11 is 0. The molecule has 0 aromatic carbocycles. The number of ether oxygens (including phenoxy) is 3. The lowest BCUT2D eigenvalue weighted by molar-refractivity contribution is -0.154. The van der Waals surface area contributed by atoms with E-state index in [1.807, 2.05) is 6.92 Å². The zero-order valence-corrected chi connectivity index (χ0v) is 10.4. The minimum absolute atomic E-state index is 0.00478. The molecule has 0 spiro atoms. The molecule has 0 radical (unpaired) electrons. The van der Waals surface area contributed by atoms with Crippen molar-refractivity contribution in [3.63, 3.8) is 0 Å². The molecule has 0 saturated heterocycles. The van der Waals surface area contributed by atoms with Gasteiger partial charge < -0.3 is 14.2 Å². The molecule has 0 aromatic heterocycles. The van der Waals surface area contributed by atoms with Crippen LogP contribution in [0.2, 0.25) is 0 Å². The molecule has 0 aliphatic heterocycles. The molecule has 1 unspecified atom stereocenters. The molecule has 0 rings (SSSR count). The van der Waals surface area contributed by atoms with Crippen molar-refractivity contribution in [1.29, 1.82) is 0 Å². The molecule has 0 aromatic rings. The molecular formula is C12H20O5. The number of esters is 2. The van der Waals surface area contributed by atoms with Crippen LogP contribution < -0.4 is 0 Å². The first-order valence-corrected chi connectivity index (χ1v) is 5.57. The Morgan fingerprint density at radius 3 is 2.59 bits per heavy atom. The van der Waals surface area contributed by atoms with Crippen molar-refractivity contribution in [2.24, 2.45) is 5.92 Å². The predicted octanol–water partition coefficient (Wildman–Crippen LogP) is 1.32. The Bertz CT molecular complexity index is 249. The normalized spacial score (nSPS) is 11.6. The van der Waals surface area contributed by atoms with Gasteiger partial charge in [-0.2, -0.15) is 0 Å². The van der Waals surface area contributed by atoms with Crippen LogP contribution in [-0.2, 0) is 23.8 Å². The van der Waals surface area contributed by atoms with E-state index < -0.39 is 17.9 Å². The number of carbonyl (C=O) groups is 2. The van der Waals surface area contributed by atoms with E-state index in [1.165, 1.54) is 7.11 Å². The van der Waals surface area contributed by atoms with Crippen molar-refractivity contribution in [2.75, 3.05) is 26.9 Å². The summed E-state index contributed by atoms with van der Waals surface area (Å²) in [6, 6.07) is 0. The Morgan fingerprint density at radius 2 is 2.06 bits per heavy atom. The van der Waals surface area contributed by atoms with Crippen LogP contribution >= 0.6 is 0 Å². The SMILES string of the molecule is C=CCC(CC(=O)OCCOCC)C(=O)OC. The summed E-state index contributed by atoms with van der Waals surface area (Å²) in [5.74, 6) is -1.37. The number of hydrogen-bond acceptors (Lipinski definition) is 5. The van der Waals surface area contributed by atoms with Crippen molar-refractivity contribution in [3.8, 4) is 0 Å². The van der Waals surface area contributed by atoms with Gasteiger partial charge in [-0.15, -0.1) is 6.58 Å². The molecule has 0 heterocycles. The van der Waals surface area contributed by atoms with Gasteiger partial charge in [-0.25, -0.2) is 0 Å². The molecular weight excluding hydrogens is 224 g/mol. The van der Waals surface area contributed by atoms with Crippen LogP contribution in [0.3, 0.4) is 0 Å². The number of hydrogen-bond donors (Lipinski definition) is 0. The zero-order valence-electron chi connectivity index (χ0n) is 10.4. The first kappa shape index (κ1) is 15.6. The second kappa shape index (κ2) is 9.84. The summed E-state index contributed by atoms with van der Waals surface area (Å²) in [7, 11) is 1.29. The van der Waals surface area contributed by atoms with Gasteiger partial charge in [0, 0.05) is 6.61 Å². The fourth-order valence-corrected chi connectivity index (χ4v) is 1.25. The van der Waals surface area contributed by atoms with Gasteiger partial charge in [-0.1, -0.05) is 6.08 Å². The quantitative estimate of drug-likeness (QED) is 0.348. The van der Waals surface area contributed by atoms with Gasteiger partial charge in [0.05, 0.1) is 26.1 Å². The van der Waals surface area contributed by atoms with E-state index in [-0.39, 0.29) is 13.0 Å². The molecule has 0 amide bonds. The Hall–Kier alpha value is -1.36. The average Bonchev–Trinajstić information content (AvgIpc) is 2.33. The second-order valence-corrected chi connectivity index (χ2v) is 3.37. The van der Waals surface area contributed by atoms with Gasteiger partial charge in [0.1, 0.15) is 6.61 Å². The first-order chi connectivity index (χ1) is 8.15. The van der Waals surface area contributed by atoms with Gasteiger partial charge >= 0.3 is 11.9 Å². The first-order valence-electron chi connectivity index (χ1n) is 5.57. The number of methoxy groups -OCH3 is 1. The summed E-state index contributed by atoms with van der Waals surface area (Å²) in [6.45, 7) is 6.54. The molecule has 0 bridgehead atoms. The van der Waals surface area contributed by atoms with Crippen molar-refractivity contribution in [2.45, 2.75) is 19.8 Å². The summed E-state index contributed by atoms with van der Waals surface area (Å²) in [6.07, 6.45) is 1.98. The van der Waals surface area contributed by atoms with Crippen LogP contribution in [0, 0.1) is 5.92 Å². The van der Waals surface area contributed by atoms with E-state index in [0.29, 0.717) is 19.6 Å². The van der Waals surface area contributed by atoms with E-state index in [2.05, 4.69) is 11.3 Å². The van der Waals surface area contributed by atoms with Crippen LogP contribution in [0.1, 0.15) is 19.8 Å². The third-order valence-electron chi connectivity index (χ3n) is 2.09. The van der Waals surface area contributed by atoms with Gasteiger partial charge in [0.25, 0.3) is 0 Å². The van der Waals surface area contributed by atoms with Gasteiger partial charge in [0.2, 0.25) is 0 Å². The number of rotatable bonds is 9. The number of carbonyl (C=O) groups excluding carboxylic acids is 2. The van der Waals surface area contributed by atoms with Crippen molar-refractivity contribution in [3.05, 3.63) is 12.7 Å². The Kier molecular flexibility index (Phi) is 9.05. The van der Waals surface area contributed by atoms with Crippen molar-refractivity contribution >= 4 is 11.9 Å². The average molecular weight is 244 g/mol. The molecule has 0 saturated carbocycles. The second-order valence-electron chi connectivity index (χ2n) is 3.37. The van der Waals surface area contributed by atoms with E-state index in [0.717, 1.165) is 0 Å². The lowest BCUT2D eigenvalue weighted by Gasteiger charge is -2.12. The van der Waals surface area contributed by atoms with Crippen LogP contribution in [0.5, 0.6) is 0 Å². The molecule has 17 heavy (non-hydrogen) atoms. The summed E-state index contributed by atoms with van der Waals surface area (Å²) in [4.78, 5) is 22.7. The van der Waals surface area contributed by atoms with Gasteiger partial charge in [0.15, 0.2) is 0 Å². The maximum Gasteiger partial charge on any atom is 0.309 e. The molecule has 1 atom stereocenters. The van der Waals surface area contributed by atoms with Crippen LogP contribution in [-0.4, -0.2) is 38.9 Å². The van der Waals surface area contributed by atoms with Gasteiger partial charge in [-0.3, -0.25) is 9.59 Å². The fourth-order valence-electron chi connectivity index (χ4n) is 1.25. The Balaban J connectivity index is 3.95. The minimum atomic E-state index is -0.517. The Morgan fingerprint density at radius 1 is 1.35 bits per heavy atom. The van der Waals surface area contributed by atoms with Crippen molar-refractivity contribution < 1.29 is 23.8 Å². The largest absolute Gasteiger partial charge is 0.469 e. The van der Waals surface area contributed by atoms with Gasteiger partial charge in [-0.05, 0) is 13.3 Å². The summed E-state index contributed by atoms with van der Waals surface area (Å²) in [5, 5.41) is 0. The fraction of sp³-hybridized carbons (Fsp3) is 0.667. The van der Waals surface area contributed by atoms with E-state index in [1.54, 1.807) is 6.08 Å². The monoisotopic (exact) mass is 244 g/mol. The molecule has 98 valence electrons. The standard InChI is InChI=1S/C12H20O5/c1-4-6-10(12(14)15-3)9-11(13)17-8-7-16-5-2/h4,10H,1,5-9H2,2-3H3. The van der Waals surface area contributed by atoms with Crippen LogP contribution in [0.15, 0.2) is 12.7 Å².